The number of benzene rings is 1. The van der Waals surface area contributed by atoms with Gasteiger partial charge in [0.25, 0.3) is 6.29 Å². The molecule has 3 aliphatic rings. The second-order valence-corrected chi connectivity index (χ2v) is 5.32. The van der Waals surface area contributed by atoms with Crippen molar-refractivity contribution in [2.45, 2.75) is 13.2 Å². The van der Waals surface area contributed by atoms with E-state index < -0.39 is 18.2 Å². The van der Waals surface area contributed by atoms with E-state index in [2.05, 4.69) is 0 Å². The van der Waals surface area contributed by atoms with Crippen LogP contribution in [0.25, 0.3) is 11.8 Å². The molecule has 22 heavy (non-hydrogen) atoms. The molecule has 1 fully saturated rings. The average Bonchev–Trinajstić information content (AvgIpc) is 3.10. The van der Waals surface area contributed by atoms with Gasteiger partial charge in [-0.1, -0.05) is 30.3 Å². The third-order valence-corrected chi connectivity index (χ3v) is 3.89. The van der Waals surface area contributed by atoms with Crippen LogP contribution in [0.3, 0.4) is 0 Å². The fourth-order valence-electron chi connectivity index (χ4n) is 2.76. The van der Waals surface area contributed by atoms with Crippen LogP contribution in [0.2, 0.25) is 0 Å². The molecule has 2 aliphatic heterocycles. The molecule has 2 unspecified atom stereocenters. The minimum Gasteiger partial charge on any atom is -0.458 e. The first-order valence-electron chi connectivity index (χ1n) is 6.92. The van der Waals surface area contributed by atoms with Crippen LogP contribution in [0.4, 0.5) is 0 Å². The summed E-state index contributed by atoms with van der Waals surface area (Å²) in [7, 11) is 0. The molecule has 2 atom stereocenters. The van der Waals surface area contributed by atoms with Gasteiger partial charge in [0.05, 0.1) is 17.8 Å². The second-order valence-electron chi connectivity index (χ2n) is 5.32. The number of ether oxygens (including phenoxy) is 3. The third kappa shape index (κ3) is 1.86. The monoisotopic (exact) mass is 296 g/mol. The number of hydrogen-bond acceptors (Lipinski definition) is 5. The van der Waals surface area contributed by atoms with Crippen molar-refractivity contribution in [1.29, 1.82) is 0 Å². The molecule has 0 radical (unpaired) electrons. The maximum Gasteiger partial charge on any atom is 0.343 e. The number of fused-ring (bicyclic) bond motifs is 2. The van der Waals surface area contributed by atoms with Crippen molar-refractivity contribution in [1.82, 2.24) is 0 Å². The highest BCUT2D eigenvalue weighted by atomic mass is 16.7. The van der Waals surface area contributed by atoms with Crippen molar-refractivity contribution >= 4 is 23.8 Å². The molecule has 0 N–H and O–H groups in total. The Morgan fingerprint density at radius 1 is 1.14 bits per heavy atom. The minimum atomic E-state index is -0.791. The van der Waals surface area contributed by atoms with Crippen LogP contribution in [-0.4, -0.2) is 18.2 Å². The van der Waals surface area contributed by atoms with Crippen molar-refractivity contribution in [2.24, 2.45) is 5.92 Å². The summed E-state index contributed by atoms with van der Waals surface area (Å²) < 4.78 is 15.7. The van der Waals surface area contributed by atoms with E-state index in [1.165, 1.54) is 6.26 Å². The molecule has 1 aromatic rings. The van der Waals surface area contributed by atoms with E-state index in [4.69, 9.17) is 14.2 Å². The van der Waals surface area contributed by atoms with Crippen LogP contribution < -0.4 is 10.4 Å². The molecule has 5 heteroatoms. The maximum atomic E-state index is 12.0. The highest BCUT2D eigenvalue weighted by molar-refractivity contribution is 6.01. The largest absolute Gasteiger partial charge is 0.458 e. The lowest BCUT2D eigenvalue weighted by Gasteiger charge is -2.08. The fourth-order valence-corrected chi connectivity index (χ4v) is 2.76. The van der Waals surface area contributed by atoms with E-state index in [1.54, 1.807) is 13.0 Å². The zero-order chi connectivity index (χ0) is 15.3. The molecular formula is C17H12O5. The van der Waals surface area contributed by atoms with Crippen LogP contribution in [0.5, 0.6) is 0 Å². The summed E-state index contributed by atoms with van der Waals surface area (Å²) in [4.78, 5) is 23.3. The SMILES string of the molecule is CC1=CC(O/C=C2/C(=O)OC3=c4ccccc4=CC32)OC1=O. The van der Waals surface area contributed by atoms with Crippen molar-refractivity contribution in [3.8, 4) is 0 Å². The van der Waals surface area contributed by atoms with Crippen LogP contribution in [0.1, 0.15) is 6.92 Å². The Morgan fingerprint density at radius 3 is 2.73 bits per heavy atom. The molecule has 0 saturated carbocycles. The van der Waals surface area contributed by atoms with Gasteiger partial charge in [-0.3, -0.25) is 0 Å². The number of hydrogen-bond donors (Lipinski definition) is 0. The van der Waals surface area contributed by atoms with Gasteiger partial charge in [0.2, 0.25) is 0 Å². The molecule has 0 spiro atoms. The number of rotatable bonds is 2. The van der Waals surface area contributed by atoms with Gasteiger partial charge >= 0.3 is 11.9 Å². The molecule has 0 bridgehead atoms. The number of esters is 2. The van der Waals surface area contributed by atoms with E-state index in [0.717, 1.165) is 10.4 Å². The van der Waals surface area contributed by atoms with E-state index >= 15 is 0 Å². The second kappa shape index (κ2) is 4.59. The molecule has 4 rings (SSSR count). The van der Waals surface area contributed by atoms with Crippen LogP contribution >= 0.6 is 0 Å². The molecule has 110 valence electrons. The number of carbonyl (C=O) groups excluding carboxylic acids is 2. The first-order valence-corrected chi connectivity index (χ1v) is 6.92. The lowest BCUT2D eigenvalue weighted by atomic mass is 10.0. The fraction of sp³-hybridized carbons (Fsp3) is 0.176. The standard InChI is InChI=1S/C17H12O5/c1-9-6-14(21-16(9)18)20-8-13-12-7-10-4-2-3-5-11(10)15(12)22-17(13)19/h2-8,12,14H,1H3/b13-8+. The normalized spacial score (nSPS) is 27.0. The summed E-state index contributed by atoms with van der Waals surface area (Å²) >= 11 is 0. The molecule has 1 saturated heterocycles. The van der Waals surface area contributed by atoms with Crippen molar-refractivity contribution in [2.75, 3.05) is 0 Å². The quantitative estimate of drug-likeness (QED) is 0.451. The van der Waals surface area contributed by atoms with Gasteiger partial charge < -0.3 is 14.2 Å². The highest BCUT2D eigenvalue weighted by Crippen LogP contribution is 2.34. The molecule has 5 nitrogen and oxygen atoms in total. The van der Waals surface area contributed by atoms with Gasteiger partial charge in [0.1, 0.15) is 5.76 Å². The molecular weight excluding hydrogens is 284 g/mol. The highest BCUT2D eigenvalue weighted by Gasteiger charge is 2.38. The predicted molar refractivity (Wildman–Crippen MR) is 76.0 cm³/mol. The lowest BCUT2D eigenvalue weighted by Crippen LogP contribution is -2.22. The zero-order valence-electron chi connectivity index (χ0n) is 11.7. The Hall–Kier alpha value is -2.82. The third-order valence-electron chi connectivity index (χ3n) is 3.89. The van der Waals surface area contributed by atoms with Crippen LogP contribution in [0.15, 0.2) is 47.7 Å². The van der Waals surface area contributed by atoms with Crippen LogP contribution in [-0.2, 0) is 23.8 Å². The summed E-state index contributed by atoms with van der Waals surface area (Å²) in [5.41, 5.74) is 0.893. The first kappa shape index (κ1) is 12.9. The first-order chi connectivity index (χ1) is 10.6. The van der Waals surface area contributed by atoms with Crippen LogP contribution in [0, 0.1) is 5.92 Å². The Morgan fingerprint density at radius 2 is 1.95 bits per heavy atom. The molecule has 2 heterocycles. The lowest BCUT2D eigenvalue weighted by molar-refractivity contribution is -0.152. The van der Waals surface area contributed by atoms with Crippen molar-refractivity contribution in [3.63, 3.8) is 0 Å². The Bertz CT molecular complexity index is 875. The Kier molecular flexibility index (Phi) is 2.69. The minimum absolute atomic E-state index is 0.243. The van der Waals surface area contributed by atoms with Crippen molar-refractivity contribution < 1.29 is 23.8 Å². The topological polar surface area (TPSA) is 61.8 Å². The average molecular weight is 296 g/mol. The van der Waals surface area contributed by atoms with Gasteiger partial charge in [0.15, 0.2) is 0 Å². The van der Waals surface area contributed by atoms with E-state index in [-0.39, 0.29) is 5.92 Å². The smallest absolute Gasteiger partial charge is 0.343 e. The van der Waals surface area contributed by atoms with Gasteiger partial charge in [-0.15, -0.1) is 0 Å². The zero-order valence-corrected chi connectivity index (χ0v) is 11.7. The molecule has 0 aromatic heterocycles. The van der Waals surface area contributed by atoms with E-state index in [0.29, 0.717) is 16.9 Å². The summed E-state index contributed by atoms with van der Waals surface area (Å²) in [6.07, 6.45) is 4.07. The summed E-state index contributed by atoms with van der Waals surface area (Å²) in [5.74, 6) is -0.460. The molecule has 1 aromatic carbocycles. The van der Waals surface area contributed by atoms with Gasteiger partial charge in [-0.2, -0.15) is 0 Å². The number of cyclic esters (lactones) is 1. The summed E-state index contributed by atoms with van der Waals surface area (Å²) in [6.45, 7) is 1.65. The molecule has 0 amide bonds. The van der Waals surface area contributed by atoms with E-state index in [9.17, 15) is 9.59 Å². The van der Waals surface area contributed by atoms with Gasteiger partial charge in [0, 0.05) is 16.9 Å². The number of carbonyl (C=O) groups is 2. The molecule has 1 aliphatic carbocycles. The van der Waals surface area contributed by atoms with E-state index in [1.807, 2.05) is 30.3 Å². The van der Waals surface area contributed by atoms with Crippen molar-refractivity contribution in [3.05, 3.63) is 58.2 Å². The van der Waals surface area contributed by atoms with Gasteiger partial charge in [-0.05, 0) is 12.1 Å². The summed E-state index contributed by atoms with van der Waals surface area (Å²) in [6, 6.07) is 7.73. The Labute approximate surface area is 125 Å². The predicted octanol–water partition coefficient (Wildman–Crippen LogP) is 0.492. The van der Waals surface area contributed by atoms with Gasteiger partial charge in [-0.25, -0.2) is 9.59 Å². The Balaban J connectivity index is 1.64. The maximum absolute atomic E-state index is 12.0. The summed E-state index contributed by atoms with van der Waals surface area (Å²) in [5, 5.41) is 1.95.